The fraction of sp³-hybridized carbons (Fsp3) is 0.125. The maximum atomic E-state index is 11.8. The minimum Gasteiger partial charge on any atom is -0.454 e. The average Bonchev–Trinajstić information content (AvgIpc) is 3.16. The van der Waals surface area contributed by atoms with Gasteiger partial charge in [-0.3, -0.25) is 0 Å². The van der Waals surface area contributed by atoms with Crippen LogP contribution in [-0.4, -0.2) is 11.1 Å². The Kier molecular flexibility index (Phi) is 4.32. The van der Waals surface area contributed by atoms with Crippen molar-refractivity contribution in [3.05, 3.63) is 63.9 Å². The quantitative estimate of drug-likeness (QED) is 0.767. The summed E-state index contributed by atoms with van der Waals surface area (Å²) in [6.45, 7) is 0.0222. The highest BCUT2D eigenvalue weighted by atomic mass is 35.5. The lowest BCUT2D eigenvalue weighted by molar-refractivity contribution is -0.140. The first kappa shape index (κ1) is 14.9. The van der Waals surface area contributed by atoms with Crippen molar-refractivity contribution < 1.29 is 14.1 Å². The molecule has 0 saturated carbocycles. The molecular weight excluding hydrogens is 325 g/mol. The topological polar surface area (TPSA) is 52.3 Å². The van der Waals surface area contributed by atoms with Crippen molar-refractivity contribution in [3.8, 4) is 11.3 Å². The second-order valence-corrected chi connectivity index (χ2v) is 5.55. The van der Waals surface area contributed by atoms with Crippen LogP contribution >= 0.6 is 23.2 Å². The molecule has 4 nitrogen and oxygen atoms in total. The van der Waals surface area contributed by atoms with Gasteiger partial charge in [-0.1, -0.05) is 46.6 Å². The molecule has 1 aromatic carbocycles. The number of halogens is 2. The molecule has 3 rings (SSSR count). The van der Waals surface area contributed by atoms with Gasteiger partial charge in [-0.05, 0) is 24.6 Å². The van der Waals surface area contributed by atoms with E-state index in [0.29, 0.717) is 39.1 Å². The van der Waals surface area contributed by atoms with Gasteiger partial charge in [0.1, 0.15) is 5.69 Å². The highest BCUT2D eigenvalue weighted by molar-refractivity contribution is 6.36. The van der Waals surface area contributed by atoms with Gasteiger partial charge in [0.2, 0.25) is 0 Å². The van der Waals surface area contributed by atoms with Crippen molar-refractivity contribution in [2.75, 3.05) is 0 Å². The fourth-order valence-corrected chi connectivity index (χ4v) is 2.54. The SMILES string of the molecule is O=C(OCc1cc(-c2ccc(Cl)cc2Cl)no1)C1=CC=CC1. The first-order valence-electron chi connectivity index (χ1n) is 6.57. The number of allylic oxidation sites excluding steroid dienone is 3. The van der Waals surface area contributed by atoms with Gasteiger partial charge in [0.05, 0.1) is 5.02 Å². The summed E-state index contributed by atoms with van der Waals surface area (Å²) in [5.74, 6) is 0.0911. The zero-order chi connectivity index (χ0) is 15.5. The van der Waals surface area contributed by atoms with E-state index in [1.807, 2.05) is 12.2 Å². The second kappa shape index (κ2) is 6.38. The number of ether oxygens (including phenoxy) is 1. The largest absolute Gasteiger partial charge is 0.454 e. The molecular formula is C16H11Cl2NO3. The lowest BCUT2D eigenvalue weighted by Crippen LogP contribution is -2.06. The maximum Gasteiger partial charge on any atom is 0.334 e. The van der Waals surface area contributed by atoms with E-state index >= 15 is 0 Å². The predicted molar refractivity (Wildman–Crippen MR) is 83.6 cm³/mol. The van der Waals surface area contributed by atoms with Gasteiger partial charge < -0.3 is 9.26 Å². The van der Waals surface area contributed by atoms with E-state index in [2.05, 4.69) is 5.16 Å². The van der Waals surface area contributed by atoms with E-state index in [4.69, 9.17) is 32.5 Å². The van der Waals surface area contributed by atoms with Gasteiger partial charge in [0, 0.05) is 22.2 Å². The summed E-state index contributed by atoms with van der Waals surface area (Å²) < 4.78 is 10.3. The molecule has 0 fully saturated rings. The summed E-state index contributed by atoms with van der Waals surface area (Å²) in [6.07, 6.45) is 6.06. The zero-order valence-corrected chi connectivity index (χ0v) is 12.9. The van der Waals surface area contributed by atoms with Gasteiger partial charge in [-0.15, -0.1) is 0 Å². The second-order valence-electron chi connectivity index (χ2n) is 4.70. The van der Waals surface area contributed by atoms with E-state index < -0.39 is 0 Å². The Morgan fingerprint density at radius 2 is 2.18 bits per heavy atom. The van der Waals surface area contributed by atoms with Crippen LogP contribution in [-0.2, 0) is 16.1 Å². The molecule has 0 atom stereocenters. The van der Waals surface area contributed by atoms with Crippen LogP contribution in [0.4, 0.5) is 0 Å². The van der Waals surface area contributed by atoms with Gasteiger partial charge >= 0.3 is 5.97 Å². The monoisotopic (exact) mass is 335 g/mol. The Morgan fingerprint density at radius 1 is 1.32 bits per heavy atom. The van der Waals surface area contributed by atoms with Crippen LogP contribution in [0.2, 0.25) is 10.0 Å². The van der Waals surface area contributed by atoms with Crippen LogP contribution in [0.15, 0.2) is 52.6 Å². The standard InChI is InChI=1S/C16H11Cl2NO3/c17-11-5-6-13(14(18)7-11)15-8-12(22-19-15)9-21-16(20)10-3-1-2-4-10/h1-3,5-8H,4,9H2. The van der Waals surface area contributed by atoms with Crippen molar-refractivity contribution in [1.82, 2.24) is 5.16 Å². The first-order valence-corrected chi connectivity index (χ1v) is 7.33. The lowest BCUT2D eigenvalue weighted by Gasteiger charge is -2.02. The van der Waals surface area contributed by atoms with E-state index in [9.17, 15) is 4.79 Å². The Balaban J connectivity index is 1.67. The third kappa shape index (κ3) is 3.24. The van der Waals surface area contributed by atoms with Crippen molar-refractivity contribution in [2.24, 2.45) is 0 Å². The highest BCUT2D eigenvalue weighted by Gasteiger charge is 2.15. The van der Waals surface area contributed by atoms with E-state index in [-0.39, 0.29) is 12.6 Å². The number of hydrogen-bond donors (Lipinski definition) is 0. The molecule has 0 bridgehead atoms. The average molecular weight is 336 g/mol. The molecule has 112 valence electrons. The van der Waals surface area contributed by atoms with Gasteiger partial charge in [0.25, 0.3) is 0 Å². The Morgan fingerprint density at radius 3 is 2.91 bits per heavy atom. The molecule has 0 N–H and O–H groups in total. The highest BCUT2D eigenvalue weighted by Crippen LogP contribution is 2.30. The number of esters is 1. The summed E-state index contributed by atoms with van der Waals surface area (Å²) in [7, 11) is 0. The Bertz CT molecular complexity index is 777. The molecule has 22 heavy (non-hydrogen) atoms. The third-order valence-corrected chi connectivity index (χ3v) is 3.69. The molecule has 1 heterocycles. The molecule has 0 radical (unpaired) electrons. The zero-order valence-electron chi connectivity index (χ0n) is 11.4. The predicted octanol–water partition coefficient (Wildman–Crippen LogP) is 4.58. The number of rotatable bonds is 4. The van der Waals surface area contributed by atoms with E-state index in [1.54, 1.807) is 30.3 Å². The van der Waals surface area contributed by atoms with Crippen molar-refractivity contribution in [1.29, 1.82) is 0 Å². The summed E-state index contributed by atoms with van der Waals surface area (Å²) in [4.78, 5) is 11.8. The van der Waals surface area contributed by atoms with Crippen LogP contribution < -0.4 is 0 Å². The molecule has 0 saturated heterocycles. The molecule has 2 aromatic rings. The number of aromatic nitrogens is 1. The van der Waals surface area contributed by atoms with Crippen molar-refractivity contribution >= 4 is 29.2 Å². The van der Waals surface area contributed by atoms with E-state index in [0.717, 1.165) is 0 Å². The summed E-state index contributed by atoms with van der Waals surface area (Å²) in [5, 5.41) is 4.96. The van der Waals surface area contributed by atoms with Gasteiger partial charge in [-0.25, -0.2) is 4.79 Å². The van der Waals surface area contributed by atoms with Crippen LogP contribution in [0, 0.1) is 0 Å². The molecule has 0 spiro atoms. The lowest BCUT2D eigenvalue weighted by atomic mass is 10.1. The molecule has 1 aliphatic carbocycles. The maximum absolute atomic E-state index is 11.8. The van der Waals surface area contributed by atoms with Crippen molar-refractivity contribution in [2.45, 2.75) is 13.0 Å². The summed E-state index contributed by atoms with van der Waals surface area (Å²) in [5.41, 5.74) is 1.89. The number of carbonyl (C=O) groups is 1. The van der Waals surface area contributed by atoms with Crippen LogP contribution in [0.25, 0.3) is 11.3 Å². The minimum atomic E-state index is -0.354. The van der Waals surface area contributed by atoms with Crippen LogP contribution in [0.3, 0.4) is 0 Å². The fourth-order valence-electron chi connectivity index (χ4n) is 2.03. The van der Waals surface area contributed by atoms with Gasteiger partial charge in [-0.2, -0.15) is 0 Å². The molecule has 1 aliphatic rings. The van der Waals surface area contributed by atoms with Crippen LogP contribution in [0.1, 0.15) is 12.2 Å². The smallest absolute Gasteiger partial charge is 0.334 e. The van der Waals surface area contributed by atoms with Gasteiger partial charge in [0.15, 0.2) is 12.4 Å². The Hall–Kier alpha value is -2.04. The number of nitrogens with zero attached hydrogens (tertiary/aromatic N) is 1. The molecule has 6 heteroatoms. The molecule has 1 aromatic heterocycles. The minimum absolute atomic E-state index is 0.0222. The summed E-state index contributed by atoms with van der Waals surface area (Å²) in [6, 6.07) is 6.79. The summed E-state index contributed by atoms with van der Waals surface area (Å²) >= 11 is 12.0. The number of benzene rings is 1. The van der Waals surface area contributed by atoms with Crippen LogP contribution in [0.5, 0.6) is 0 Å². The third-order valence-electron chi connectivity index (χ3n) is 3.15. The number of hydrogen-bond acceptors (Lipinski definition) is 4. The normalized spacial score (nSPS) is 13.3. The first-order chi connectivity index (χ1) is 10.6. The van der Waals surface area contributed by atoms with Crippen molar-refractivity contribution in [3.63, 3.8) is 0 Å². The molecule has 0 unspecified atom stereocenters. The Labute approximate surface area is 137 Å². The molecule has 0 aliphatic heterocycles. The van der Waals surface area contributed by atoms with E-state index in [1.165, 1.54) is 0 Å². The number of carbonyl (C=O) groups excluding carboxylic acids is 1. The molecule has 0 amide bonds.